The van der Waals surface area contributed by atoms with Crippen molar-refractivity contribution in [2.75, 3.05) is 34.3 Å². The highest BCUT2D eigenvalue weighted by Gasteiger charge is 2.41. The van der Waals surface area contributed by atoms with Crippen LogP contribution in [0.25, 0.3) is 0 Å². The van der Waals surface area contributed by atoms with E-state index in [1.165, 1.54) is 4.90 Å². The number of rotatable bonds is 8. The summed E-state index contributed by atoms with van der Waals surface area (Å²) in [4.78, 5) is 40.8. The SMILES string of the molecule is CCCCN1C(=O)CC[C@H](C(=O)NCC(=O)N(C)C)[C@@H]1c1ccccc1OC. The van der Waals surface area contributed by atoms with Crippen LogP contribution < -0.4 is 10.1 Å². The van der Waals surface area contributed by atoms with E-state index in [-0.39, 0.29) is 24.3 Å². The highest BCUT2D eigenvalue weighted by Crippen LogP contribution is 2.40. The van der Waals surface area contributed by atoms with Crippen LogP contribution in [0.2, 0.25) is 0 Å². The molecule has 0 bridgehead atoms. The van der Waals surface area contributed by atoms with E-state index in [0.717, 1.165) is 18.4 Å². The number of carbonyl (C=O) groups is 3. The van der Waals surface area contributed by atoms with Gasteiger partial charge < -0.3 is 19.9 Å². The zero-order valence-corrected chi connectivity index (χ0v) is 17.2. The number of likely N-dealkylation sites (N-methyl/N-ethyl adjacent to an activating group) is 1. The Hall–Kier alpha value is -2.57. The summed E-state index contributed by atoms with van der Waals surface area (Å²) >= 11 is 0. The average Bonchev–Trinajstić information content (AvgIpc) is 2.70. The van der Waals surface area contributed by atoms with E-state index in [4.69, 9.17) is 4.74 Å². The van der Waals surface area contributed by atoms with Crippen molar-refractivity contribution in [3.05, 3.63) is 29.8 Å². The quantitative estimate of drug-likeness (QED) is 0.737. The molecule has 28 heavy (non-hydrogen) atoms. The third kappa shape index (κ3) is 5.03. The number of ether oxygens (including phenoxy) is 1. The molecule has 1 aromatic carbocycles. The Labute approximate surface area is 167 Å². The van der Waals surface area contributed by atoms with Crippen LogP contribution in [0.5, 0.6) is 5.75 Å². The summed E-state index contributed by atoms with van der Waals surface area (Å²) in [6.07, 6.45) is 2.60. The first-order valence-corrected chi connectivity index (χ1v) is 9.80. The minimum Gasteiger partial charge on any atom is -0.496 e. The van der Waals surface area contributed by atoms with E-state index in [1.807, 2.05) is 29.2 Å². The second-order valence-electron chi connectivity index (χ2n) is 7.28. The number of carbonyl (C=O) groups excluding carboxylic acids is 3. The third-order valence-electron chi connectivity index (χ3n) is 5.17. The number of unbranched alkanes of at least 4 members (excludes halogenated alkanes) is 1. The first-order valence-electron chi connectivity index (χ1n) is 9.80. The molecular weight excluding hydrogens is 358 g/mol. The van der Waals surface area contributed by atoms with Gasteiger partial charge in [0.25, 0.3) is 0 Å². The molecule has 1 aliphatic heterocycles. The van der Waals surface area contributed by atoms with E-state index >= 15 is 0 Å². The highest BCUT2D eigenvalue weighted by molar-refractivity contribution is 5.88. The van der Waals surface area contributed by atoms with Gasteiger partial charge in [-0.3, -0.25) is 14.4 Å². The Kier molecular flexibility index (Phi) is 7.84. The molecule has 0 radical (unpaired) electrons. The number of hydrogen-bond donors (Lipinski definition) is 1. The molecule has 1 fully saturated rings. The first-order chi connectivity index (χ1) is 13.4. The Morgan fingerprint density at radius 2 is 2.00 bits per heavy atom. The molecule has 2 atom stereocenters. The van der Waals surface area contributed by atoms with Crippen molar-refractivity contribution in [2.45, 2.75) is 38.6 Å². The number of piperidine rings is 1. The van der Waals surface area contributed by atoms with Crippen molar-refractivity contribution in [1.29, 1.82) is 0 Å². The molecule has 7 heteroatoms. The molecule has 0 unspecified atom stereocenters. The van der Waals surface area contributed by atoms with Gasteiger partial charge in [-0.05, 0) is 18.9 Å². The standard InChI is InChI=1S/C21H31N3O4/c1-5-6-13-24-18(25)12-11-16(21(27)22-14-19(26)23(2)3)20(24)15-9-7-8-10-17(15)28-4/h7-10,16,20H,5-6,11-14H2,1-4H3,(H,22,27)/t16-,20-/m0/s1. The van der Waals surface area contributed by atoms with Crippen LogP contribution in [0.4, 0.5) is 0 Å². The van der Waals surface area contributed by atoms with Gasteiger partial charge >= 0.3 is 0 Å². The lowest BCUT2D eigenvalue weighted by Gasteiger charge is -2.41. The van der Waals surface area contributed by atoms with Crippen LogP contribution in [0.3, 0.4) is 0 Å². The number of nitrogens with one attached hydrogen (secondary N) is 1. The highest BCUT2D eigenvalue weighted by atomic mass is 16.5. The van der Waals surface area contributed by atoms with Gasteiger partial charge in [-0.1, -0.05) is 31.5 Å². The maximum absolute atomic E-state index is 13.0. The monoisotopic (exact) mass is 389 g/mol. The summed E-state index contributed by atoms with van der Waals surface area (Å²) in [5.74, 6) is -0.0959. The van der Waals surface area contributed by atoms with Crippen molar-refractivity contribution >= 4 is 17.7 Å². The summed E-state index contributed by atoms with van der Waals surface area (Å²) in [5.41, 5.74) is 0.827. The molecule has 1 heterocycles. The number of amides is 3. The van der Waals surface area contributed by atoms with Crippen LogP contribution in [0.15, 0.2) is 24.3 Å². The number of hydrogen-bond acceptors (Lipinski definition) is 4. The summed E-state index contributed by atoms with van der Waals surface area (Å²) in [6, 6.07) is 7.11. The van der Waals surface area contributed by atoms with Gasteiger partial charge in [0.1, 0.15) is 5.75 Å². The van der Waals surface area contributed by atoms with Crippen molar-refractivity contribution < 1.29 is 19.1 Å². The molecule has 1 aromatic rings. The van der Waals surface area contributed by atoms with E-state index in [9.17, 15) is 14.4 Å². The number of likely N-dealkylation sites (tertiary alicyclic amines) is 1. The molecule has 7 nitrogen and oxygen atoms in total. The molecule has 0 saturated carbocycles. The molecule has 1 aliphatic rings. The Morgan fingerprint density at radius 3 is 2.64 bits per heavy atom. The second kappa shape index (κ2) is 10.1. The predicted octanol–water partition coefficient (Wildman–Crippen LogP) is 1.98. The zero-order valence-electron chi connectivity index (χ0n) is 17.2. The van der Waals surface area contributed by atoms with Crippen LogP contribution in [0.1, 0.15) is 44.2 Å². The molecular formula is C21H31N3O4. The lowest BCUT2D eigenvalue weighted by molar-refractivity contribution is -0.144. The predicted molar refractivity (Wildman–Crippen MR) is 107 cm³/mol. The molecule has 1 N–H and O–H groups in total. The zero-order chi connectivity index (χ0) is 20.7. The van der Waals surface area contributed by atoms with Gasteiger partial charge in [-0.15, -0.1) is 0 Å². The van der Waals surface area contributed by atoms with E-state index in [2.05, 4.69) is 12.2 Å². The van der Waals surface area contributed by atoms with Crippen molar-refractivity contribution in [3.63, 3.8) is 0 Å². The van der Waals surface area contributed by atoms with E-state index in [0.29, 0.717) is 25.1 Å². The van der Waals surface area contributed by atoms with Gasteiger partial charge in [0.15, 0.2) is 0 Å². The molecule has 3 amide bonds. The number of nitrogens with zero attached hydrogens (tertiary/aromatic N) is 2. The van der Waals surface area contributed by atoms with E-state index in [1.54, 1.807) is 21.2 Å². The van der Waals surface area contributed by atoms with Crippen molar-refractivity contribution in [2.24, 2.45) is 5.92 Å². The maximum Gasteiger partial charge on any atom is 0.241 e. The molecule has 2 rings (SSSR count). The van der Waals surface area contributed by atoms with Crippen LogP contribution in [-0.2, 0) is 14.4 Å². The van der Waals surface area contributed by atoms with Crippen LogP contribution in [0, 0.1) is 5.92 Å². The second-order valence-corrected chi connectivity index (χ2v) is 7.28. The fraction of sp³-hybridized carbons (Fsp3) is 0.571. The summed E-state index contributed by atoms with van der Waals surface area (Å²) in [7, 11) is 4.89. The molecule has 0 aromatic heterocycles. The van der Waals surface area contributed by atoms with Gasteiger partial charge in [-0.2, -0.15) is 0 Å². The number of benzene rings is 1. The van der Waals surface area contributed by atoms with E-state index < -0.39 is 12.0 Å². The minimum atomic E-state index is -0.430. The topological polar surface area (TPSA) is 79.0 Å². The van der Waals surface area contributed by atoms with Crippen LogP contribution in [-0.4, -0.2) is 61.8 Å². The smallest absolute Gasteiger partial charge is 0.241 e. The van der Waals surface area contributed by atoms with Gasteiger partial charge in [0, 0.05) is 32.6 Å². The van der Waals surface area contributed by atoms with Gasteiger partial charge in [0.2, 0.25) is 17.7 Å². The Bertz CT molecular complexity index is 705. The number of methoxy groups -OCH3 is 1. The average molecular weight is 389 g/mol. The molecule has 0 aliphatic carbocycles. The minimum absolute atomic E-state index is 0.0517. The Balaban J connectivity index is 2.34. The maximum atomic E-state index is 13.0. The normalized spacial score (nSPS) is 19.3. The van der Waals surface area contributed by atoms with Crippen LogP contribution >= 0.6 is 0 Å². The van der Waals surface area contributed by atoms with Gasteiger partial charge in [-0.25, -0.2) is 0 Å². The fourth-order valence-electron chi connectivity index (χ4n) is 3.57. The Morgan fingerprint density at radius 1 is 1.29 bits per heavy atom. The lowest BCUT2D eigenvalue weighted by atomic mass is 9.83. The molecule has 0 spiro atoms. The number of para-hydroxylation sites is 1. The molecule has 1 saturated heterocycles. The van der Waals surface area contributed by atoms with Crippen molar-refractivity contribution in [3.8, 4) is 5.75 Å². The summed E-state index contributed by atoms with van der Waals surface area (Å²) in [6.45, 7) is 2.62. The molecule has 154 valence electrons. The first kappa shape index (κ1) is 21.7. The fourth-order valence-corrected chi connectivity index (χ4v) is 3.57. The van der Waals surface area contributed by atoms with Gasteiger partial charge in [0.05, 0.1) is 25.6 Å². The summed E-state index contributed by atoms with van der Waals surface area (Å²) < 4.78 is 5.51. The summed E-state index contributed by atoms with van der Waals surface area (Å²) in [5, 5.41) is 2.75. The largest absolute Gasteiger partial charge is 0.496 e. The van der Waals surface area contributed by atoms with Crippen molar-refractivity contribution in [1.82, 2.24) is 15.1 Å². The third-order valence-corrected chi connectivity index (χ3v) is 5.17. The lowest BCUT2D eigenvalue weighted by Crippen LogP contribution is -2.49.